The number of hydrogen-bond donors (Lipinski definition) is 1. The van der Waals surface area contributed by atoms with Crippen molar-refractivity contribution in [1.82, 2.24) is 14.6 Å². The van der Waals surface area contributed by atoms with Crippen molar-refractivity contribution in [2.24, 2.45) is 0 Å². The fourth-order valence-electron chi connectivity index (χ4n) is 2.08. The molecule has 0 unspecified atom stereocenters. The number of fused-ring (bicyclic) bond motifs is 1. The molecule has 7 nitrogen and oxygen atoms in total. The van der Waals surface area contributed by atoms with E-state index in [1.165, 1.54) is 29.2 Å². The maximum absolute atomic E-state index is 12.4. The summed E-state index contributed by atoms with van der Waals surface area (Å²) in [5.41, 5.74) is 0.00702. The molecule has 1 aromatic carbocycles. The highest BCUT2D eigenvalue weighted by atomic mass is 32.1. The van der Waals surface area contributed by atoms with Crippen LogP contribution in [0.25, 0.3) is 4.96 Å². The van der Waals surface area contributed by atoms with Crippen molar-refractivity contribution in [2.45, 2.75) is 13.3 Å². The normalized spacial score (nSPS) is 10.7. The third kappa shape index (κ3) is 2.80. The van der Waals surface area contributed by atoms with Gasteiger partial charge in [0.25, 0.3) is 11.5 Å². The van der Waals surface area contributed by atoms with Crippen LogP contribution in [0.3, 0.4) is 0 Å². The van der Waals surface area contributed by atoms with Crippen LogP contribution in [0.2, 0.25) is 0 Å². The zero-order chi connectivity index (χ0) is 16.4. The van der Waals surface area contributed by atoms with Crippen LogP contribution in [0.15, 0.2) is 35.3 Å². The van der Waals surface area contributed by atoms with Crippen LogP contribution in [0, 0.1) is 0 Å². The summed E-state index contributed by atoms with van der Waals surface area (Å²) in [7, 11) is 1.48. The van der Waals surface area contributed by atoms with Gasteiger partial charge in [0, 0.05) is 0 Å². The summed E-state index contributed by atoms with van der Waals surface area (Å²) in [5, 5.41) is 7.57. The van der Waals surface area contributed by atoms with E-state index in [0.717, 1.165) is 11.4 Å². The highest BCUT2D eigenvalue weighted by Gasteiger charge is 2.15. The van der Waals surface area contributed by atoms with E-state index in [-0.39, 0.29) is 5.69 Å². The van der Waals surface area contributed by atoms with Crippen LogP contribution in [-0.2, 0) is 6.42 Å². The number of aromatic nitrogens is 3. The van der Waals surface area contributed by atoms with Crippen molar-refractivity contribution >= 4 is 27.9 Å². The maximum Gasteiger partial charge on any atom is 0.298 e. The molecule has 2 heterocycles. The van der Waals surface area contributed by atoms with Crippen molar-refractivity contribution in [3.05, 3.63) is 51.4 Å². The Morgan fingerprint density at radius 3 is 2.91 bits per heavy atom. The molecule has 3 rings (SSSR count). The molecule has 0 spiro atoms. The van der Waals surface area contributed by atoms with Gasteiger partial charge in [-0.05, 0) is 18.6 Å². The van der Waals surface area contributed by atoms with Gasteiger partial charge in [0.15, 0.2) is 0 Å². The molecule has 23 heavy (non-hydrogen) atoms. The van der Waals surface area contributed by atoms with E-state index >= 15 is 0 Å². The van der Waals surface area contributed by atoms with Crippen LogP contribution in [0.1, 0.15) is 22.3 Å². The molecule has 0 aliphatic rings. The van der Waals surface area contributed by atoms with Gasteiger partial charge in [0.1, 0.15) is 16.4 Å². The van der Waals surface area contributed by atoms with Gasteiger partial charge in [-0.15, -0.1) is 0 Å². The molecule has 0 radical (unpaired) electrons. The number of anilines is 1. The number of benzene rings is 1. The lowest BCUT2D eigenvalue weighted by Gasteiger charge is -2.08. The van der Waals surface area contributed by atoms with Gasteiger partial charge in [-0.3, -0.25) is 9.59 Å². The largest absolute Gasteiger partial charge is 0.496 e. The predicted molar refractivity (Wildman–Crippen MR) is 87.5 cm³/mol. The van der Waals surface area contributed by atoms with Crippen LogP contribution in [-0.4, -0.2) is 27.6 Å². The Hall–Kier alpha value is -2.74. The number of rotatable bonds is 4. The number of hydrogen-bond acceptors (Lipinski definition) is 6. The second kappa shape index (κ2) is 6.17. The SMILES string of the molecule is CCc1nn2c(=O)c(NC(=O)c3ccccc3OC)cnc2s1. The summed E-state index contributed by atoms with van der Waals surface area (Å²) in [6.45, 7) is 1.95. The lowest BCUT2D eigenvalue weighted by atomic mass is 10.2. The van der Waals surface area contributed by atoms with E-state index in [9.17, 15) is 9.59 Å². The third-order valence-electron chi connectivity index (χ3n) is 3.23. The summed E-state index contributed by atoms with van der Waals surface area (Å²) in [4.78, 5) is 29.4. The first-order chi connectivity index (χ1) is 11.1. The number of carbonyl (C=O) groups excluding carboxylic acids is 1. The maximum atomic E-state index is 12.4. The molecular weight excluding hydrogens is 316 g/mol. The molecule has 118 valence electrons. The number of amides is 1. The van der Waals surface area contributed by atoms with E-state index in [1.807, 2.05) is 6.92 Å². The van der Waals surface area contributed by atoms with Crippen LogP contribution in [0.5, 0.6) is 5.75 Å². The fraction of sp³-hybridized carbons (Fsp3) is 0.200. The Labute approximate surface area is 135 Å². The highest BCUT2D eigenvalue weighted by Crippen LogP contribution is 2.18. The fourth-order valence-corrected chi connectivity index (χ4v) is 2.87. The Kier molecular flexibility index (Phi) is 4.07. The molecule has 8 heteroatoms. The van der Waals surface area contributed by atoms with Crippen molar-refractivity contribution in [1.29, 1.82) is 0 Å². The van der Waals surface area contributed by atoms with Gasteiger partial charge in [-0.1, -0.05) is 30.4 Å². The number of aryl methyl sites for hydroxylation is 1. The zero-order valence-electron chi connectivity index (χ0n) is 12.6. The van der Waals surface area contributed by atoms with Gasteiger partial charge in [0.2, 0.25) is 4.96 Å². The van der Waals surface area contributed by atoms with Gasteiger partial charge in [-0.2, -0.15) is 9.61 Å². The van der Waals surface area contributed by atoms with E-state index in [2.05, 4.69) is 15.4 Å². The Bertz CT molecular complexity index is 932. The minimum Gasteiger partial charge on any atom is -0.496 e. The summed E-state index contributed by atoms with van der Waals surface area (Å²) >= 11 is 1.35. The number of carbonyl (C=O) groups is 1. The molecule has 0 bridgehead atoms. The van der Waals surface area contributed by atoms with Crippen LogP contribution >= 0.6 is 11.3 Å². The van der Waals surface area contributed by atoms with Crippen molar-refractivity contribution in [3.63, 3.8) is 0 Å². The van der Waals surface area contributed by atoms with E-state index in [4.69, 9.17) is 4.74 Å². The lowest BCUT2D eigenvalue weighted by Crippen LogP contribution is -2.23. The second-order valence-electron chi connectivity index (χ2n) is 4.68. The molecule has 0 aliphatic carbocycles. The van der Waals surface area contributed by atoms with Crippen molar-refractivity contribution < 1.29 is 9.53 Å². The minimum atomic E-state index is -0.438. The monoisotopic (exact) mass is 330 g/mol. The molecule has 0 atom stereocenters. The highest BCUT2D eigenvalue weighted by molar-refractivity contribution is 7.16. The van der Waals surface area contributed by atoms with E-state index in [1.54, 1.807) is 24.3 Å². The van der Waals surface area contributed by atoms with Crippen molar-refractivity contribution in [2.75, 3.05) is 12.4 Å². The average molecular weight is 330 g/mol. The lowest BCUT2D eigenvalue weighted by molar-refractivity contribution is 0.102. The van der Waals surface area contributed by atoms with Crippen molar-refractivity contribution in [3.8, 4) is 5.75 Å². The number of nitrogens with one attached hydrogen (secondary N) is 1. The topological polar surface area (TPSA) is 85.6 Å². The molecule has 3 aromatic rings. The number of methoxy groups -OCH3 is 1. The Morgan fingerprint density at radius 2 is 2.17 bits per heavy atom. The first kappa shape index (κ1) is 15.2. The summed E-state index contributed by atoms with van der Waals surface area (Å²) in [6, 6.07) is 6.78. The van der Waals surface area contributed by atoms with E-state index < -0.39 is 11.5 Å². The summed E-state index contributed by atoms with van der Waals surface area (Å²) in [6.07, 6.45) is 2.07. The predicted octanol–water partition coefficient (Wildman–Crippen LogP) is 1.97. The molecule has 1 amide bonds. The number of nitrogens with zero attached hydrogens (tertiary/aromatic N) is 3. The molecule has 0 aliphatic heterocycles. The smallest absolute Gasteiger partial charge is 0.298 e. The molecule has 1 N–H and O–H groups in total. The zero-order valence-corrected chi connectivity index (χ0v) is 13.4. The molecule has 2 aromatic heterocycles. The molecule has 0 fully saturated rings. The summed E-state index contributed by atoms with van der Waals surface area (Å²) in [5.74, 6) is -0.00619. The van der Waals surface area contributed by atoms with Gasteiger partial charge in [0.05, 0.1) is 18.9 Å². The van der Waals surface area contributed by atoms with Gasteiger partial charge < -0.3 is 10.1 Å². The molecular formula is C15H14N4O3S. The Morgan fingerprint density at radius 1 is 1.39 bits per heavy atom. The second-order valence-corrected chi connectivity index (χ2v) is 5.72. The standard InChI is InChI=1S/C15H14N4O3S/c1-3-12-18-19-14(21)10(8-16-15(19)23-12)17-13(20)9-6-4-5-7-11(9)22-2/h4-8H,3H2,1-2H3,(H,17,20). The first-order valence-corrected chi connectivity index (χ1v) is 7.77. The van der Waals surface area contributed by atoms with E-state index in [0.29, 0.717) is 16.3 Å². The van der Waals surface area contributed by atoms with Gasteiger partial charge >= 0.3 is 0 Å². The minimum absolute atomic E-state index is 0.0753. The third-order valence-corrected chi connectivity index (χ3v) is 4.30. The number of para-hydroxylation sites is 1. The number of ether oxygens (including phenoxy) is 1. The average Bonchev–Trinajstić information content (AvgIpc) is 3.01. The quantitative estimate of drug-likeness (QED) is 0.790. The first-order valence-electron chi connectivity index (χ1n) is 6.96. The molecule has 0 saturated carbocycles. The van der Waals surface area contributed by atoms with Gasteiger partial charge in [-0.25, -0.2) is 4.98 Å². The molecule has 0 saturated heterocycles. The Balaban J connectivity index is 1.96. The van der Waals surface area contributed by atoms with Crippen LogP contribution < -0.4 is 15.6 Å². The van der Waals surface area contributed by atoms with Crippen LogP contribution in [0.4, 0.5) is 5.69 Å². The summed E-state index contributed by atoms with van der Waals surface area (Å²) < 4.78 is 6.36.